The van der Waals surface area contributed by atoms with E-state index >= 15 is 0 Å². The summed E-state index contributed by atoms with van der Waals surface area (Å²) in [5.74, 6) is -1.33. The van der Waals surface area contributed by atoms with Crippen LogP contribution in [0.5, 0.6) is 5.75 Å². The molecule has 392 valence electrons. The number of fused-ring (bicyclic) bond motifs is 4. The summed E-state index contributed by atoms with van der Waals surface area (Å²) in [7, 11) is 2.01. The number of anilines is 4. The maximum Gasteiger partial charge on any atom is 0.415 e. The Bertz CT molecular complexity index is 3100. The number of carbonyl (C=O) groups excluding carboxylic acids is 7. The molecule has 75 heavy (non-hydrogen) atoms. The van der Waals surface area contributed by atoms with Crippen molar-refractivity contribution in [2.24, 2.45) is 17.4 Å². The van der Waals surface area contributed by atoms with E-state index in [0.29, 0.717) is 82.3 Å². The van der Waals surface area contributed by atoms with E-state index in [-0.39, 0.29) is 43.2 Å². The second kappa shape index (κ2) is 23.8. The summed E-state index contributed by atoms with van der Waals surface area (Å²) in [5.41, 5.74) is 15.9. The number of urea groups is 1. The van der Waals surface area contributed by atoms with Gasteiger partial charge in [-0.1, -0.05) is 50.2 Å². The van der Waals surface area contributed by atoms with Crippen LogP contribution in [0.1, 0.15) is 64.6 Å². The van der Waals surface area contributed by atoms with Crippen LogP contribution in [0.2, 0.25) is 0 Å². The molecule has 20 nitrogen and oxygen atoms in total. The first kappa shape index (κ1) is 53.1. The highest BCUT2D eigenvalue weighted by molar-refractivity contribution is 6.19. The quantitative estimate of drug-likeness (QED) is 0.0343. The summed E-state index contributed by atoms with van der Waals surface area (Å²) in [6, 6.07) is 26.8. The topological polar surface area (TPSA) is 276 Å². The highest BCUT2D eigenvalue weighted by Gasteiger charge is 2.36. The van der Waals surface area contributed by atoms with Gasteiger partial charge in [0.1, 0.15) is 24.1 Å². The Morgan fingerprint density at radius 2 is 1.48 bits per heavy atom. The van der Waals surface area contributed by atoms with Crippen molar-refractivity contribution >= 4 is 97.9 Å². The molecule has 0 saturated carbocycles. The van der Waals surface area contributed by atoms with Crippen molar-refractivity contribution in [1.82, 2.24) is 25.4 Å². The highest BCUT2D eigenvalue weighted by atomic mass is 35.5. The van der Waals surface area contributed by atoms with Crippen molar-refractivity contribution < 1.29 is 43.0 Å². The summed E-state index contributed by atoms with van der Waals surface area (Å²) in [6.07, 6.45) is -0.595. The molecule has 1 saturated heterocycles. The zero-order valence-corrected chi connectivity index (χ0v) is 42.5. The number of rotatable bonds is 17. The predicted octanol–water partition coefficient (Wildman–Crippen LogP) is 6.91. The van der Waals surface area contributed by atoms with Crippen LogP contribution < -0.4 is 47.7 Å². The minimum atomic E-state index is -0.930. The molecule has 3 heterocycles. The van der Waals surface area contributed by atoms with Gasteiger partial charge in [-0.25, -0.2) is 14.4 Å². The lowest BCUT2D eigenvalue weighted by atomic mass is 9.95. The molecule has 6 aromatic rings. The summed E-state index contributed by atoms with van der Waals surface area (Å²) >= 11 is 6.54. The van der Waals surface area contributed by atoms with Gasteiger partial charge in [-0.3, -0.25) is 24.5 Å². The van der Waals surface area contributed by atoms with Crippen molar-refractivity contribution in [1.29, 1.82) is 0 Å². The van der Waals surface area contributed by atoms with Crippen LogP contribution in [0.4, 0.5) is 37.1 Å². The van der Waals surface area contributed by atoms with Gasteiger partial charge in [0.25, 0.3) is 11.8 Å². The number of nitrogens with two attached hydrogens (primary N) is 2. The monoisotopic (exact) mass is 1040 g/mol. The molecule has 3 atom stereocenters. The summed E-state index contributed by atoms with van der Waals surface area (Å²) in [6.45, 7) is 6.64. The number of amides is 8. The third-order valence-electron chi connectivity index (χ3n) is 13.2. The molecule has 0 spiro atoms. The Hall–Kier alpha value is -8.20. The largest absolute Gasteiger partial charge is 0.444 e. The number of piperazine rings is 1. The molecule has 10 N–H and O–H groups in total. The number of nitrogens with zero attached hydrogens (tertiary/aromatic N) is 3. The van der Waals surface area contributed by atoms with Crippen LogP contribution in [0.15, 0.2) is 103 Å². The fourth-order valence-electron chi connectivity index (χ4n) is 8.92. The number of likely N-dealkylation sites (N-methyl/N-ethyl adjacent to an activating group) is 1. The van der Waals surface area contributed by atoms with Gasteiger partial charge in [-0.2, -0.15) is 0 Å². The van der Waals surface area contributed by atoms with Crippen molar-refractivity contribution in [3.63, 3.8) is 0 Å². The molecule has 8 rings (SSSR count). The Balaban J connectivity index is 0.845. The first-order valence-corrected chi connectivity index (χ1v) is 25.1. The first-order chi connectivity index (χ1) is 36.0. The fraction of sp³-hybridized carbons (Fsp3) is 0.315. The van der Waals surface area contributed by atoms with E-state index in [9.17, 15) is 33.6 Å². The summed E-state index contributed by atoms with van der Waals surface area (Å²) < 4.78 is 11.4. The first-order valence-electron chi connectivity index (χ1n) is 24.6. The smallest absolute Gasteiger partial charge is 0.415 e. The third-order valence-corrected chi connectivity index (χ3v) is 13.6. The number of carbonyl (C=O) groups is 7. The van der Waals surface area contributed by atoms with Gasteiger partial charge in [-0.05, 0) is 103 Å². The lowest BCUT2D eigenvalue weighted by Gasteiger charge is -2.31. The number of halogens is 1. The molecule has 8 amide bonds. The van der Waals surface area contributed by atoms with E-state index in [4.69, 9.17) is 32.5 Å². The molecule has 2 aliphatic heterocycles. The number of benzene rings is 5. The molecule has 5 aromatic carbocycles. The number of ether oxygens (including phenoxy) is 2. The average Bonchev–Trinajstić information content (AvgIpc) is 4.01. The lowest BCUT2D eigenvalue weighted by molar-refractivity contribution is -0.128. The zero-order valence-electron chi connectivity index (χ0n) is 41.7. The van der Waals surface area contributed by atoms with E-state index in [0.717, 1.165) is 29.4 Å². The van der Waals surface area contributed by atoms with E-state index < -0.39 is 48.0 Å². The average molecular weight is 1040 g/mol. The molecule has 0 bridgehead atoms. The predicted molar refractivity (Wildman–Crippen MR) is 287 cm³/mol. The third kappa shape index (κ3) is 13.0. The number of hydrogen-bond acceptors (Lipinski definition) is 11. The number of aromatic amines is 1. The van der Waals surface area contributed by atoms with Gasteiger partial charge in [-0.15, -0.1) is 11.6 Å². The number of hydrogen-bond donors (Lipinski definition) is 8. The minimum Gasteiger partial charge on any atom is -0.444 e. The van der Waals surface area contributed by atoms with Gasteiger partial charge in [0.05, 0.1) is 11.7 Å². The summed E-state index contributed by atoms with van der Waals surface area (Å²) in [5, 5.41) is 15.8. The van der Waals surface area contributed by atoms with Gasteiger partial charge in [0.15, 0.2) is 0 Å². The normalized spacial score (nSPS) is 15.2. The standard InChI is InChI=1S/C54H60ClN11O9/c1-31(2)47(56)50(69)63-42(9-6-20-58-52(57)71)49(68)59-36-14-10-32(11-15-36)30-74-53(72)61-37-16-12-33(13-17-37)48(67)60-38-18-19-41-34(25-38)26-43(62-41)51(70)66-29-35(28-55)46-40-8-5-4-7-39(40)45(27-44(46)66)75-54(73)65-23-21-64(3)22-24-65/h4-5,7-8,10-19,25-27,31,35,42,47,62H,6,9,20-24,28-30,56H2,1-3H3,(H,59,68)(H,60,67)(H,61,72)(H,63,69)(H3,57,58,71)/t35-,42+,47+/m1/s1. The van der Waals surface area contributed by atoms with Gasteiger partial charge < -0.3 is 61.9 Å². The molecule has 0 aliphatic carbocycles. The van der Waals surface area contributed by atoms with E-state index in [1.807, 2.05) is 31.3 Å². The lowest BCUT2D eigenvalue weighted by Crippen LogP contribution is -2.51. The summed E-state index contributed by atoms with van der Waals surface area (Å²) in [4.78, 5) is 99.5. The van der Waals surface area contributed by atoms with Crippen LogP contribution in [0.25, 0.3) is 21.7 Å². The van der Waals surface area contributed by atoms with Crippen LogP contribution in [-0.4, -0.2) is 121 Å². The molecule has 21 heteroatoms. The fourth-order valence-corrected chi connectivity index (χ4v) is 9.17. The second-order valence-electron chi connectivity index (χ2n) is 18.9. The zero-order chi connectivity index (χ0) is 53.3. The number of H-pyrrole nitrogens is 1. The molecule has 1 fully saturated rings. The van der Waals surface area contributed by atoms with Crippen LogP contribution in [-0.2, 0) is 20.9 Å². The van der Waals surface area contributed by atoms with Crippen LogP contribution in [0.3, 0.4) is 0 Å². The maximum atomic E-state index is 14.4. The van der Waals surface area contributed by atoms with Gasteiger partial charge in [0, 0.05) is 96.0 Å². The maximum absolute atomic E-state index is 14.4. The molecule has 0 unspecified atom stereocenters. The van der Waals surface area contributed by atoms with Crippen molar-refractivity contribution in [2.45, 2.75) is 51.3 Å². The Morgan fingerprint density at radius 1 is 0.800 bits per heavy atom. The van der Waals surface area contributed by atoms with Crippen LogP contribution in [0, 0.1) is 5.92 Å². The highest BCUT2D eigenvalue weighted by Crippen LogP contribution is 2.46. The Morgan fingerprint density at radius 3 is 2.17 bits per heavy atom. The van der Waals surface area contributed by atoms with Crippen molar-refractivity contribution in [3.8, 4) is 5.75 Å². The number of primary amides is 1. The van der Waals surface area contributed by atoms with E-state index in [1.165, 1.54) is 0 Å². The molecule has 2 aliphatic rings. The van der Waals surface area contributed by atoms with Crippen molar-refractivity contribution in [2.75, 3.05) is 73.0 Å². The second-order valence-corrected chi connectivity index (χ2v) is 19.3. The molecule has 1 aromatic heterocycles. The number of alkyl halides is 1. The Kier molecular flexibility index (Phi) is 16.8. The minimum absolute atomic E-state index is 0.0878. The SMILES string of the molecule is CC(C)[C@H](N)C(=O)N[C@@H](CCCNC(N)=O)C(=O)Nc1ccc(COC(=O)Nc2ccc(C(=O)Nc3ccc4[nH]c(C(=O)N5C[C@@H](CCl)c6c5cc(OC(=O)N5CCN(C)CC5)c5ccccc65)cc4c3)cc2)cc1. The van der Waals surface area contributed by atoms with E-state index in [1.54, 1.807) is 103 Å². The number of aromatic nitrogens is 1. The Labute approximate surface area is 437 Å². The van der Waals surface area contributed by atoms with Crippen molar-refractivity contribution in [3.05, 3.63) is 126 Å². The molecule has 0 radical (unpaired) electrons. The number of nitrogens with one attached hydrogen (secondary N) is 6. The van der Waals surface area contributed by atoms with Crippen LogP contribution >= 0.6 is 11.6 Å². The van der Waals surface area contributed by atoms with Gasteiger partial charge >= 0.3 is 18.2 Å². The van der Waals surface area contributed by atoms with Gasteiger partial charge in [0.2, 0.25) is 11.8 Å². The molecular weight excluding hydrogens is 982 g/mol. The molecular formula is C54H60ClN11O9. The van der Waals surface area contributed by atoms with E-state index in [2.05, 4.69) is 36.5 Å².